The Balaban J connectivity index is 1.67. The van der Waals surface area contributed by atoms with Crippen LogP contribution in [0, 0.1) is 0 Å². The molecule has 0 aliphatic carbocycles. The molecule has 6 heteroatoms. The summed E-state index contributed by atoms with van der Waals surface area (Å²) in [7, 11) is -3.11. The van der Waals surface area contributed by atoms with E-state index in [2.05, 4.69) is 33.5 Å². The minimum Gasteiger partial charge on any atom is -0.380 e. The molecule has 0 unspecified atom stereocenters. The first-order valence-electron chi connectivity index (χ1n) is 9.26. The SMILES string of the molecule is CS(=O)(=O)Cc1cncc(-c2ccc3nccc(NCc4ccccc4)c3c2)c1. The molecule has 29 heavy (non-hydrogen) atoms. The van der Waals surface area contributed by atoms with Crippen LogP contribution >= 0.6 is 0 Å². The van der Waals surface area contributed by atoms with E-state index in [1.54, 1.807) is 18.6 Å². The average molecular weight is 404 g/mol. The number of pyridine rings is 2. The van der Waals surface area contributed by atoms with Crippen LogP contribution in [0.15, 0.2) is 79.3 Å². The molecule has 0 atom stereocenters. The molecule has 5 nitrogen and oxygen atoms in total. The lowest BCUT2D eigenvalue weighted by Crippen LogP contribution is -2.01. The highest BCUT2D eigenvalue weighted by atomic mass is 32.2. The van der Waals surface area contributed by atoms with Gasteiger partial charge in [-0.25, -0.2) is 8.42 Å². The van der Waals surface area contributed by atoms with Crippen LogP contribution in [0.5, 0.6) is 0 Å². The number of anilines is 1. The molecule has 2 aromatic carbocycles. The Morgan fingerprint density at radius 1 is 0.897 bits per heavy atom. The third kappa shape index (κ3) is 4.78. The van der Waals surface area contributed by atoms with Crippen LogP contribution in [0.2, 0.25) is 0 Å². The molecule has 4 aromatic rings. The van der Waals surface area contributed by atoms with Crippen LogP contribution in [-0.2, 0) is 22.1 Å². The molecule has 0 aliphatic heterocycles. The molecule has 0 amide bonds. The lowest BCUT2D eigenvalue weighted by Gasteiger charge is -2.11. The molecule has 0 bridgehead atoms. The monoisotopic (exact) mass is 403 g/mol. The highest BCUT2D eigenvalue weighted by molar-refractivity contribution is 7.89. The number of hydrogen-bond acceptors (Lipinski definition) is 5. The van der Waals surface area contributed by atoms with Crippen LogP contribution in [-0.4, -0.2) is 24.6 Å². The summed E-state index contributed by atoms with van der Waals surface area (Å²) in [6, 6.07) is 20.1. The van der Waals surface area contributed by atoms with Gasteiger partial charge in [-0.05, 0) is 41.0 Å². The second kappa shape index (κ2) is 8.01. The molecule has 0 radical (unpaired) electrons. The Bertz CT molecular complexity index is 1260. The first kappa shape index (κ1) is 19.1. The van der Waals surface area contributed by atoms with E-state index in [1.165, 1.54) is 11.8 Å². The zero-order chi connectivity index (χ0) is 20.3. The van der Waals surface area contributed by atoms with Gasteiger partial charge in [-0.15, -0.1) is 0 Å². The van der Waals surface area contributed by atoms with Gasteiger partial charge in [0.2, 0.25) is 0 Å². The van der Waals surface area contributed by atoms with Gasteiger partial charge in [-0.3, -0.25) is 9.97 Å². The summed E-state index contributed by atoms with van der Waals surface area (Å²) in [6.07, 6.45) is 6.37. The Morgan fingerprint density at radius 2 is 1.72 bits per heavy atom. The van der Waals surface area contributed by atoms with Crippen molar-refractivity contribution in [3.8, 4) is 11.1 Å². The van der Waals surface area contributed by atoms with Crippen molar-refractivity contribution in [1.82, 2.24) is 9.97 Å². The Labute approximate surface area is 170 Å². The second-order valence-corrected chi connectivity index (χ2v) is 9.22. The molecule has 2 heterocycles. The van der Waals surface area contributed by atoms with Crippen LogP contribution < -0.4 is 5.32 Å². The number of hydrogen-bond donors (Lipinski definition) is 1. The number of nitrogens with zero attached hydrogens (tertiary/aromatic N) is 2. The maximum Gasteiger partial charge on any atom is 0.151 e. The van der Waals surface area contributed by atoms with Crippen molar-refractivity contribution >= 4 is 26.4 Å². The fraction of sp³-hybridized carbons (Fsp3) is 0.130. The van der Waals surface area contributed by atoms with Crippen LogP contribution in [0.3, 0.4) is 0 Å². The minimum atomic E-state index is -3.11. The number of benzene rings is 2. The molecule has 0 saturated carbocycles. The van der Waals surface area contributed by atoms with Gasteiger partial charge in [0.1, 0.15) is 0 Å². The van der Waals surface area contributed by atoms with Gasteiger partial charge in [0.25, 0.3) is 0 Å². The van der Waals surface area contributed by atoms with E-state index in [9.17, 15) is 8.42 Å². The number of aromatic nitrogens is 2. The molecule has 0 fully saturated rings. The van der Waals surface area contributed by atoms with Crippen LogP contribution in [0.25, 0.3) is 22.0 Å². The summed E-state index contributed by atoms with van der Waals surface area (Å²) >= 11 is 0. The quantitative estimate of drug-likeness (QED) is 0.515. The van der Waals surface area contributed by atoms with Crippen molar-refractivity contribution in [3.05, 3.63) is 90.4 Å². The summed E-state index contributed by atoms with van der Waals surface area (Å²) in [5.41, 5.74) is 5.63. The topological polar surface area (TPSA) is 72.0 Å². The standard InChI is InChI=1S/C23H21N3O2S/c1-29(27,28)16-18-11-20(15-24-13-18)19-7-8-22-21(12-19)23(9-10-25-22)26-14-17-5-3-2-4-6-17/h2-13,15H,14,16H2,1H3,(H,25,26). The second-order valence-electron chi connectivity index (χ2n) is 7.08. The maximum absolute atomic E-state index is 11.6. The third-order valence-corrected chi connectivity index (χ3v) is 5.48. The molecule has 0 saturated heterocycles. The minimum absolute atomic E-state index is 0.0210. The van der Waals surface area contributed by atoms with Gasteiger partial charge in [0.05, 0.1) is 11.3 Å². The zero-order valence-electron chi connectivity index (χ0n) is 16.0. The molecule has 0 spiro atoms. The predicted octanol–water partition coefficient (Wildman–Crippen LogP) is 4.45. The predicted molar refractivity (Wildman–Crippen MR) is 117 cm³/mol. The molecular formula is C23H21N3O2S. The van der Waals surface area contributed by atoms with E-state index in [0.717, 1.165) is 34.3 Å². The number of fused-ring (bicyclic) bond motifs is 1. The normalized spacial score (nSPS) is 11.5. The van der Waals surface area contributed by atoms with Gasteiger partial charge >= 0.3 is 0 Å². The van der Waals surface area contributed by atoms with Gasteiger partial charge in [0.15, 0.2) is 9.84 Å². The molecular weight excluding hydrogens is 382 g/mol. The molecule has 0 aliphatic rings. The van der Waals surface area contributed by atoms with E-state index in [4.69, 9.17) is 0 Å². The highest BCUT2D eigenvalue weighted by Gasteiger charge is 2.09. The van der Waals surface area contributed by atoms with Crippen molar-refractivity contribution in [2.75, 3.05) is 11.6 Å². The third-order valence-electron chi connectivity index (χ3n) is 4.62. The first-order chi connectivity index (χ1) is 14.0. The Hall–Kier alpha value is -3.25. The average Bonchev–Trinajstić information content (AvgIpc) is 2.71. The fourth-order valence-corrected chi connectivity index (χ4v) is 4.06. The van der Waals surface area contributed by atoms with Crippen LogP contribution in [0.4, 0.5) is 5.69 Å². The lowest BCUT2D eigenvalue weighted by atomic mass is 10.0. The summed E-state index contributed by atoms with van der Waals surface area (Å²) < 4.78 is 23.2. The first-order valence-corrected chi connectivity index (χ1v) is 11.3. The molecule has 4 rings (SSSR count). The Kier molecular flexibility index (Phi) is 5.27. The van der Waals surface area contributed by atoms with E-state index in [0.29, 0.717) is 5.56 Å². The van der Waals surface area contributed by atoms with Crippen molar-refractivity contribution in [2.24, 2.45) is 0 Å². The Morgan fingerprint density at radius 3 is 2.52 bits per heavy atom. The number of rotatable bonds is 6. The van der Waals surface area contributed by atoms with Crippen molar-refractivity contribution < 1.29 is 8.42 Å². The summed E-state index contributed by atoms with van der Waals surface area (Å²) in [6.45, 7) is 0.718. The maximum atomic E-state index is 11.6. The molecule has 2 aromatic heterocycles. The number of sulfone groups is 1. The van der Waals surface area contributed by atoms with E-state index < -0.39 is 9.84 Å². The van der Waals surface area contributed by atoms with Crippen molar-refractivity contribution in [3.63, 3.8) is 0 Å². The summed E-state index contributed by atoms with van der Waals surface area (Å²) in [5, 5.41) is 4.50. The summed E-state index contributed by atoms with van der Waals surface area (Å²) in [4.78, 5) is 8.69. The van der Waals surface area contributed by atoms with E-state index in [1.807, 2.05) is 42.5 Å². The molecule has 146 valence electrons. The molecule has 1 N–H and O–H groups in total. The van der Waals surface area contributed by atoms with Crippen molar-refractivity contribution in [2.45, 2.75) is 12.3 Å². The van der Waals surface area contributed by atoms with Crippen molar-refractivity contribution in [1.29, 1.82) is 0 Å². The van der Waals surface area contributed by atoms with E-state index >= 15 is 0 Å². The van der Waals surface area contributed by atoms with E-state index in [-0.39, 0.29) is 5.75 Å². The zero-order valence-corrected chi connectivity index (χ0v) is 16.9. The summed E-state index contributed by atoms with van der Waals surface area (Å²) in [5.74, 6) is -0.0210. The van der Waals surface area contributed by atoms with Gasteiger partial charge in [0, 0.05) is 48.0 Å². The smallest absolute Gasteiger partial charge is 0.151 e. The van der Waals surface area contributed by atoms with Gasteiger partial charge in [-0.2, -0.15) is 0 Å². The fourth-order valence-electron chi connectivity index (χ4n) is 3.30. The lowest BCUT2D eigenvalue weighted by molar-refractivity contribution is 0.601. The highest BCUT2D eigenvalue weighted by Crippen LogP contribution is 2.28. The van der Waals surface area contributed by atoms with Gasteiger partial charge in [-0.1, -0.05) is 36.4 Å². The largest absolute Gasteiger partial charge is 0.380 e. The number of nitrogens with one attached hydrogen (secondary N) is 1. The van der Waals surface area contributed by atoms with Gasteiger partial charge < -0.3 is 5.32 Å². The van der Waals surface area contributed by atoms with Crippen LogP contribution in [0.1, 0.15) is 11.1 Å².